The number of H-pyrrole nitrogens is 1. The smallest absolute Gasteiger partial charge is 0.273 e. The first-order valence-electron chi connectivity index (χ1n) is 7.01. The molecule has 116 valence electrons. The van der Waals surface area contributed by atoms with E-state index in [9.17, 15) is 9.59 Å². The summed E-state index contributed by atoms with van der Waals surface area (Å²) >= 11 is 1.40. The number of carbonyl (C=O) groups is 1. The second-order valence-corrected chi connectivity index (χ2v) is 5.89. The zero-order chi connectivity index (χ0) is 15.4. The highest BCUT2D eigenvalue weighted by atomic mass is 32.1. The minimum atomic E-state index is -0.171. The van der Waals surface area contributed by atoms with Crippen LogP contribution in [0.2, 0.25) is 0 Å². The molecule has 3 rings (SSSR count). The molecule has 2 aromatic heterocycles. The first-order valence-corrected chi connectivity index (χ1v) is 7.95. The van der Waals surface area contributed by atoms with Gasteiger partial charge in [-0.15, -0.1) is 11.3 Å². The van der Waals surface area contributed by atoms with Crippen LogP contribution in [0.3, 0.4) is 0 Å². The molecule has 0 unspecified atom stereocenters. The molecule has 1 N–H and O–H groups in total. The highest BCUT2D eigenvalue weighted by Gasteiger charge is 2.24. The Balaban J connectivity index is 1.70. The predicted octanol–water partition coefficient (Wildman–Crippen LogP) is 0.558. The summed E-state index contributed by atoms with van der Waals surface area (Å²) in [5.41, 5.74) is 2.66. The summed E-state index contributed by atoms with van der Waals surface area (Å²) in [6, 6.07) is 1.48. The average Bonchev–Trinajstić information content (AvgIpc) is 2.94. The lowest BCUT2D eigenvalue weighted by molar-refractivity contribution is 0.0732. The van der Waals surface area contributed by atoms with Crippen molar-refractivity contribution in [2.45, 2.75) is 6.42 Å². The number of aromatic amines is 1. The van der Waals surface area contributed by atoms with Crippen LogP contribution < -0.4 is 5.56 Å². The summed E-state index contributed by atoms with van der Waals surface area (Å²) in [6.07, 6.45) is 2.00. The van der Waals surface area contributed by atoms with Gasteiger partial charge in [-0.3, -0.25) is 9.59 Å². The predicted molar refractivity (Wildman–Crippen MR) is 80.9 cm³/mol. The van der Waals surface area contributed by atoms with E-state index in [4.69, 9.17) is 4.74 Å². The monoisotopic (exact) mass is 320 g/mol. The van der Waals surface area contributed by atoms with E-state index in [2.05, 4.69) is 15.0 Å². The van der Waals surface area contributed by atoms with Gasteiger partial charge in [0.05, 0.1) is 25.1 Å². The molecule has 3 heterocycles. The van der Waals surface area contributed by atoms with Gasteiger partial charge in [-0.2, -0.15) is 0 Å². The number of carbonyl (C=O) groups excluding carboxylic acids is 1. The van der Waals surface area contributed by atoms with E-state index in [1.807, 2.05) is 0 Å². The Morgan fingerprint density at radius 3 is 3.18 bits per heavy atom. The summed E-state index contributed by atoms with van der Waals surface area (Å²) in [4.78, 5) is 36.2. The molecule has 1 saturated heterocycles. The van der Waals surface area contributed by atoms with Crippen LogP contribution in [-0.2, 0) is 11.2 Å². The van der Waals surface area contributed by atoms with Crippen LogP contribution in [0.5, 0.6) is 0 Å². The van der Waals surface area contributed by atoms with Gasteiger partial charge < -0.3 is 14.6 Å². The topological polar surface area (TPSA) is 88.2 Å². The average molecular weight is 320 g/mol. The molecule has 1 aliphatic heterocycles. The molecular formula is C14H16N4O3S. The van der Waals surface area contributed by atoms with Crippen LogP contribution in [0.4, 0.5) is 0 Å². The van der Waals surface area contributed by atoms with Gasteiger partial charge in [-0.25, -0.2) is 9.97 Å². The fourth-order valence-electron chi connectivity index (χ4n) is 2.48. The molecule has 1 amide bonds. The van der Waals surface area contributed by atoms with E-state index in [1.54, 1.807) is 15.8 Å². The Hall–Kier alpha value is -2.06. The largest absolute Gasteiger partial charge is 0.379 e. The normalized spacial score (nSPS) is 18.9. The summed E-state index contributed by atoms with van der Waals surface area (Å²) in [7, 11) is 0. The molecule has 0 bridgehead atoms. The highest BCUT2D eigenvalue weighted by Crippen LogP contribution is 2.14. The van der Waals surface area contributed by atoms with E-state index in [0.717, 1.165) is 0 Å². The van der Waals surface area contributed by atoms with Crippen molar-refractivity contribution in [3.05, 3.63) is 45.0 Å². The number of hydrogen-bond donors (Lipinski definition) is 1. The van der Waals surface area contributed by atoms with E-state index in [0.29, 0.717) is 44.1 Å². The van der Waals surface area contributed by atoms with Crippen LogP contribution >= 0.6 is 11.3 Å². The van der Waals surface area contributed by atoms with Crippen LogP contribution in [-0.4, -0.2) is 52.1 Å². The van der Waals surface area contributed by atoms with Crippen molar-refractivity contribution < 1.29 is 9.53 Å². The van der Waals surface area contributed by atoms with Crippen molar-refractivity contribution in [3.63, 3.8) is 0 Å². The molecule has 0 saturated carbocycles. The Bertz CT molecular complexity index is 685. The number of thiazole rings is 1. The summed E-state index contributed by atoms with van der Waals surface area (Å²) in [5.74, 6) is 0.0370. The van der Waals surface area contributed by atoms with Crippen molar-refractivity contribution in [1.29, 1.82) is 0 Å². The molecule has 1 atom stereocenters. The third-order valence-corrected chi connectivity index (χ3v) is 4.10. The SMILES string of the molecule is O=C(c1cscn1)N1CCOC[C@@H](Cc2cc(=O)[nH]cn2)C1. The fraction of sp³-hybridized carbons (Fsp3) is 0.429. The molecule has 0 radical (unpaired) electrons. The minimum Gasteiger partial charge on any atom is -0.379 e. The van der Waals surface area contributed by atoms with Gasteiger partial charge in [-0.1, -0.05) is 0 Å². The van der Waals surface area contributed by atoms with E-state index in [-0.39, 0.29) is 17.4 Å². The van der Waals surface area contributed by atoms with Crippen LogP contribution in [0, 0.1) is 5.92 Å². The Kier molecular flexibility index (Phi) is 4.59. The molecule has 22 heavy (non-hydrogen) atoms. The zero-order valence-electron chi connectivity index (χ0n) is 11.9. The molecule has 1 aliphatic rings. The third kappa shape index (κ3) is 3.58. The second kappa shape index (κ2) is 6.80. The molecule has 7 nitrogen and oxygen atoms in total. The van der Waals surface area contributed by atoms with Gasteiger partial charge in [0.2, 0.25) is 0 Å². The second-order valence-electron chi connectivity index (χ2n) is 5.17. The van der Waals surface area contributed by atoms with Gasteiger partial charge in [0, 0.05) is 36.1 Å². The summed E-state index contributed by atoms with van der Waals surface area (Å²) in [6.45, 7) is 2.19. The Labute approximate surface area is 131 Å². The van der Waals surface area contributed by atoms with Gasteiger partial charge in [0.25, 0.3) is 11.5 Å². The quantitative estimate of drug-likeness (QED) is 0.892. The first-order chi connectivity index (χ1) is 10.7. The molecule has 0 aliphatic carbocycles. The zero-order valence-corrected chi connectivity index (χ0v) is 12.7. The number of amides is 1. The minimum absolute atomic E-state index is 0.0735. The maximum atomic E-state index is 12.4. The van der Waals surface area contributed by atoms with E-state index < -0.39 is 0 Å². The molecular weight excluding hydrogens is 304 g/mol. The van der Waals surface area contributed by atoms with E-state index in [1.165, 1.54) is 23.7 Å². The lowest BCUT2D eigenvalue weighted by atomic mass is 10.0. The number of nitrogens with one attached hydrogen (secondary N) is 1. The van der Waals surface area contributed by atoms with Gasteiger partial charge in [0.1, 0.15) is 5.69 Å². The maximum absolute atomic E-state index is 12.4. The summed E-state index contributed by atoms with van der Waals surface area (Å²) in [5, 5.41) is 1.75. The van der Waals surface area contributed by atoms with Crippen molar-refractivity contribution in [1.82, 2.24) is 19.9 Å². The Morgan fingerprint density at radius 2 is 2.41 bits per heavy atom. The molecule has 8 heteroatoms. The molecule has 2 aromatic rings. The molecule has 0 spiro atoms. The van der Waals surface area contributed by atoms with Gasteiger partial charge >= 0.3 is 0 Å². The van der Waals surface area contributed by atoms with Crippen LogP contribution in [0.25, 0.3) is 0 Å². The lowest BCUT2D eigenvalue weighted by Crippen LogP contribution is -2.36. The van der Waals surface area contributed by atoms with Crippen molar-refractivity contribution in [3.8, 4) is 0 Å². The van der Waals surface area contributed by atoms with Gasteiger partial charge in [0.15, 0.2) is 0 Å². The number of hydrogen-bond acceptors (Lipinski definition) is 6. The van der Waals surface area contributed by atoms with Crippen molar-refractivity contribution in [2.75, 3.05) is 26.3 Å². The molecule has 0 aromatic carbocycles. The fourth-order valence-corrected chi connectivity index (χ4v) is 3.01. The maximum Gasteiger partial charge on any atom is 0.273 e. The summed E-state index contributed by atoms with van der Waals surface area (Å²) < 4.78 is 5.58. The van der Waals surface area contributed by atoms with Crippen molar-refractivity contribution in [2.24, 2.45) is 5.92 Å². The van der Waals surface area contributed by atoms with Gasteiger partial charge in [-0.05, 0) is 6.42 Å². The lowest BCUT2D eigenvalue weighted by Gasteiger charge is -2.22. The van der Waals surface area contributed by atoms with E-state index >= 15 is 0 Å². The van der Waals surface area contributed by atoms with Crippen molar-refractivity contribution >= 4 is 17.2 Å². The number of ether oxygens (including phenoxy) is 1. The van der Waals surface area contributed by atoms with Crippen LogP contribution in [0.1, 0.15) is 16.2 Å². The number of nitrogens with zero attached hydrogens (tertiary/aromatic N) is 3. The third-order valence-electron chi connectivity index (χ3n) is 3.51. The Morgan fingerprint density at radius 1 is 1.50 bits per heavy atom. The highest BCUT2D eigenvalue weighted by molar-refractivity contribution is 7.07. The first kappa shape index (κ1) is 14.9. The number of aromatic nitrogens is 3. The standard InChI is InChI=1S/C14H16N4O3S/c19-13-4-11(15-8-16-13)3-10-5-18(1-2-21-6-10)14(20)12-7-22-9-17-12/h4,7-10H,1-3,5-6H2,(H,15,16,19)/t10-/m0/s1. The molecule has 1 fully saturated rings. The van der Waals surface area contributed by atoms with Crippen LogP contribution in [0.15, 0.2) is 28.1 Å². The number of rotatable bonds is 3.